The van der Waals surface area contributed by atoms with Gasteiger partial charge in [0.1, 0.15) is 0 Å². The second-order valence-electron chi connectivity index (χ2n) is 13.9. The van der Waals surface area contributed by atoms with Crippen LogP contribution in [0.25, 0.3) is 0 Å². The molecule has 7 heteroatoms. The van der Waals surface area contributed by atoms with Gasteiger partial charge in [-0.25, -0.2) is 0 Å². The van der Waals surface area contributed by atoms with E-state index in [0.717, 1.165) is 70.6 Å². The van der Waals surface area contributed by atoms with Crippen molar-refractivity contribution in [3.05, 3.63) is 72.9 Å². The fourth-order valence-corrected chi connectivity index (χ4v) is 6.56. The Balaban J connectivity index is 4.02. The number of unbranched alkanes of at least 4 members (excludes halogenated alkanes) is 18. The zero-order chi connectivity index (χ0) is 37.5. The molecule has 3 N–H and O–H groups in total. The molecular formula is C44H77NO5S. The van der Waals surface area contributed by atoms with Crippen LogP contribution in [-0.2, 0) is 14.9 Å². The number of carbonyl (C=O) groups excluding carboxylic acids is 1. The topological polar surface area (TPSA) is 104 Å². The highest BCUT2D eigenvalue weighted by Crippen LogP contribution is 2.14. The molecule has 0 fully saturated rings. The van der Waals surface area contributed by atoms with Crippen molar-refractivity contribution in [3.63, 3.8) is 0 Å². The van der Waals surface area contributed by atoms with Crippen molar-refractivity contribution in [3.8, 4) is 0 Å². The standard InChI is InChI=1S/C44H77NO5S/c1-3-5-7-9-11-13-15-17-19-21-22-24-26-28-30-32-34-36-38-40-44(47)45-42(41-51(48,49)50)43(46)39-37-35-33-31-29-27-25-23-20-18-16-14-12-10-8-6-4-2/h5,7,11,13,17,19,22,24,28,30,37,39,42-43,46H,3-4,6,8-10,12,14-16,18,20-21,23,25-27,29,31-36,38,40-41H2,1-2H3,(H,45,47)(H,48,49,50)/b7-5-,13-11-,19-17-,24-22-,30-28-,39-37+. The summed E-state index contributed by atoms with van der Waals surface area (Å²) < 4.78 is 32.5. The third kappa shape index (κ3) is 38.8. The van der Waals surface area contributed by atoms with E-state index < -0.39 is 28.0 Å². The van der Waals surface area contributed by atoms with E-state index in [1.807, 2.05) is 6.08 Å². The number of aliphatic hydroxyl groups is 1. The van der Waals surface area contributed by atoms with Crippen molar-refractivity contribution in [2.24, 2.45) is 0 Å². The normalized spacial score (nSPS) is 14.0. The summed E-state index contributed by atoms with van der Waals surface area (Å²) >= 11 is 0. The molecule has 2 unspecified atom stereocenters. The molecule has 0 radical (unpaired) electrons. The van der Waals surface area contributed by atoms with Crippen LogP contribution in [0.5, 0.6) is 0 Å². The summed E-state index contributed by atoms with van der Waals surface area (Å²) in [7, 11) is -4.36. The first kappa shape index (κ1) is 48.8. The van der Waals surface area contributed by atoms with Gasteiger partial charge in [0.2, 0.25) is 5.91 Å². The first-order valence-electron chi connectivity index (χ1n) is 20.6. The van der Waals surface area contributed by atoms with Gasteiger partial charge in [0.15, 0.2) is 0 Å². The Kier molecular flexibility index (Phi) is 35.9. The average molecular weight is 732 g/mol. The molecule has 1 amide bonds. The molecular weight excluding hydrogens is 655 g/mol. The number of amides is 1. The van der Waals surface area contributed by atoms with Crippen molar-refractivity contribution >= 4 is 16.0 Å². The zero-order valence-electron chi connectivity index (χ0n) is 32.7. The van der Waals surface area contributed by atoms with Gasteiger partial charge < -0.3 is 10.4 Å². The van der Waals surface area contributed by atoms with E-state index in [2.05, 4.69) is 79.9 Å². The smallest absolute Gasteiger partial charge is 0.267 e. The Labute approximate surface area is 314 Å². The van der Waals surface area contributed by atoms with E-state index in [-0.39, 0.29) is 12.3 Å². The van der Waals surface area contributed by atoms with Crippen molar-refractivity contribution in [2.75, 3.05) is 5.75 Å². The second-order valence-corrected chi connectivity index (χ2v) is 15.4. The molecule has 51 heavy (non-hydrogen) atoms. The van der Waals surface area contributed by atoms with Crippen molar-refractivity contribution in [1.29, 1.82) is 0 Å². The molecule has 0 aliphatic rings. The van der Waals surface area contributed by atoms with Crippen molar-refractivity contribution < 1.29 is 22.9 Å². The summed E-state index contributed by atoms with van der Waals surface area (Å²) in [6, 6.07) is -1.08. The van der Waals surface area contributed by atoms with Gasteiger partial charge in [0.25, 0.3) is 10.1 Å². The van der Waals surface area contributed by atoms with Gasteiger partial charge in [-0.3, -0.25) is 9.35 Å². The van der Waals surface area contributed by atoms with Crippen LogP contribution in [0.4, 0.5) is 0 Å². The quantitative estimate of drug-likeness (QED) is 0.0338. The molecule has 0 aromatic rings. The van der Waals surface area contributed by atoms with Gasteiger partial charge in [-0.1, -0.05) is 183 Å². The molecule has 0 spiro atoms. The fraction of sp³-hybridized carbons (Fsp3) is 0.705. The Bertz CT molecular complexity index is 1070. The summed E-state index contributed by atoms with van der Waals surface area (Å²) in [4.78, 5) is 12.5. The monoisotopic (exact) mass is 732 g/mol. The van der Waals surface area contributed by atoms with Gasteiger partial charge in [0.05, 0.1) is 17.9 Å². The van der Waals surface area contributed by atoms with Gasteiger partial charge in [-0.15, -0.1) is 0 Å². The first-order valence-corrected chi connectivity index (χ1v) is 22.2. The predicted molar refractivity (Wildman–Crippen MR) is 221 cm³/mol. The lowest BCUT2D eigenvalue weighted by atomic mass is 10.0. The van der Waals surface area contributed by atoms with Crippen LogP contribution in [0, 0.1) is 0 Å². The maximum Gasteiger partial charge on any atom is 0.267 e. The van der Waals surface area contributed by atoms with Crippen LogP contribution in [0.3, 0.4) is 0 Å². The molecule has 2 atom stereocenters. The lowest BCUT2D eigenvalue weighted by molar-refractivity contribution is -0.122. The maximum absolute atomic E-state index is 12.5. The highest BCUT2D eigenvalue weighted by Gasteiger charge is 2.24. The molecule has 294 valence electrons. The Morgan fingerprint density at radius 2 is 0.941 bits per heavy atom. The van der Waals surface area contributed by atoms with Crippen LogP contribution < -0.4 is 5.32 Å². The Morgan fingerprint density at radius 1 is 0.549 bits per heavy atom. The molecule has 0 aromatic heterocycles. The lowest BCUT2D eigenvalue weighted by Gasteiger charge is -2.21. The minimum atomic E-state index is -4.36. The number of carbonyl (C=O) groups is 1. The van der Waals surface area contributed by atoms with E-state index in [0.29, 0.717) is 6.42 Å². The number of hydrogen-bond donors (Lipinski definition) is 3. The number of aliphatic hydroxyl groups excluding tert-OH is 1. The highest BCUT2D eigenvalue weighted by molar-refractivity contribution is 7.85. The second kappa shape index (κ2) is 37.5. The number of rotatable bonds is 36. The summed E-state index contributed by atoms with van der Waals surface area (Å²) in [5.41, 5.74) is 0. The molecule has 6 nitrogen and oxygen atoms in total. The van der Waals surface area contributed by atoms with E-state index in [4.69, 9.17) is 0 Å². The predicted octanol–water partition coefficient (Wildman–Crippen LogP) is 12.2. The molecule has 0 rings (SSSR count). The van der Waals surface area contributed by atoms with Gasteiger partial charge in [0, 0.05) is 6.42 Å². The SMILES string of the molecule is CC/C=C\C/C=C\C/C=C\C/C=C\C/C=C\CCCCCC(=O)NC(CS(=O)(=O)O)C(O)/C=C/CCCCCCCCCCCCCCCCC. The summed E-state index contributed by atoms with van der Waals surface area (Å²) in [6.07, 6.45) is 53.1. The molecule has 0 aliphatic heterocycles. The highest BCUT2D eigenvalue weighted by atomic mass is 32.2. The largest absolute Gasteiger partial charge is 0.387 e. The summed E-state index contributed by atoms with van der Waals surface area (Å²) in [5.74, 6) is -1.03. The third-order valence-electron chi connectivity index (χ3n) is 8.89. The molecule has 0 heterocycles. The molecule has 0 bridgehead atoms. The van der Waals surface area contributed by atoms with Crippen LogP contribution in [0.1, 0.15) is 181 Å². The van der Waals surface area contributed by atoms with Crippen LogP contribution in [0.15, 0.2) is 72.9 Å². The van der Waals surface area contributed by atoms with Crippen molar-refractivity contribution in [2.45, 2.75) is 193 Å². The lowest BCUT2D eigenvalue weighted by Crippen LogP contribution is -2.46. The fourth-order valence-electron chi connectivity index (χ4n) is 5.83. The molecule has 0 aliphatic carbocycles. The van der Waals surface area contributed by atoms with E-state index >= 15 is 0 Å². The summed E-state index contributed by atoms with van der Waals surface area (Å²) in [5, 5.41) is 13.2. The zero-order valence-corrected chi connectivity index (χ0v) is 33.5. The average Bonchev–Trinajstić information content (AvgIpc) is 3.09. The van der Waals surface area contributed by atoms with E-state index in [1.165, 1.54) is 83.5 Å². The van der Waals surface area contributed by atoms with E-state index in [9.17, 15) is 22.9 Å². The maximum atomic E-state index is 12.5. The van der Waals surface area contributed by atoms with Crippen LogP contribution >= 0.6 is 0 Å². The first-order chi connectivity index (χ1) is 24.8. The summed E-state index contributed by atoms with van der Waals surface area (Å²) in [6.45, 7) is 4.41. The van der Waals surface area contributed by atoms with Gasteiger partial charge in [-0.2, -0.15) is 8.42 Å². The van der Waals surface area contributed by atoms with E-state index in [1.54, 1.807) is 6.08 Å². The van der Waals surface area contributed by atoms with Gasteiger partial charge >= 0.3 is 0 Å². The minimum absolute atomic E-state index is 0.253. The minimum Gasteiger partial charge on any atom is -0.387 e. The molecule has 0 saturated carbocycles. The van der Waals surface area contributed by atoms with Gasteiger partial charge in [-0.05, 0) is 64.2 Å². The van der Waals surface area contributed by atoms with Crippen LogP contribution in [0.2, 0.25) is 0 Å². The molecule has 0 aromatic carbocycles. The Hall–Kier alpha value is -2.22. The molecule has 0 saturated heterocycles. The third-order valence-corrected chi connectivity index (χ3v) is 9.67. The van der Waals surface area contributed by atoms with Crippen molar-refractivity contribution in [1.82, 2.24) is 5.32 Å². The number of allylic oxidation sites excluding steroid dienone is 11. The Morgan fingerprint density at radius 3 is 1.39 bits per heavy atom. The number of nitrogens with one attached hydrogen (secondary N) is 1. The number of hydrogen-bond acceptors (Lipinski definition) is 4. The van der Waals surface area contributed by atoms with Crippen LogP contribution in [-0.4, -0.2) is 41.9 Å².